The van der Waals surface area contributed by atoms with E-state index < -0.39 is 0 Å². The van der Waals surface area contributed by atoms with Gasteiger partial charge in [0.1, 0.15) is 12.4 Å². The highest BCUT2D eigenvalue weighted by Gasteiger charge is 2.20. The highest BCUT2D eigenvalue weighted by molar-refractivity contribution is 9.10. The Kier molecular flexibility index (Phi) is 7.81. The van der Waals surface area contributed by atoms with E-state index in [1.54, 1.807) is 30.3 Å². The number of rotatable bonds is 7. The van der Waals surface area contributed by atoms with Crippen LogP contribution in [-0.2, 0) is 4.74 Å². The van der Waals surface area contributed by atoms with E-state index >= 15 is 0 Å². The highest BCUT2D eigenvalue weighted by atomic mass is 79.9. The first-order valence-corrected chi connectivity index (χ1v) is 12.1. The molecule has 0 radical (unpaired) electrons. The Morgan fingerprint density at radius 1 is 1.00 bits per heavy atom. The second-order valence-corrected chi connectivity index (χ2v) is 9.25. The van der Waals surface area contributed by atoms with Crippen LogP contribution in [0, 0.1) is 0 Å². The van der Waals surface area contributed by atoms with Gasteiger partial charge in [0.15, 0.2) is 0 Å². The second-order valence-electron chi connectivity index (χ2n) is 8.40. The van der Waals surface area contributed by atoms with Crippen molar-refractivity contribution in [1.82, 2.24) is 5.32 Å². The minimum atomic E-state index is -0.283. The molecule has 1 atom stereocenters. The molecule has 2 aliphatic rings. The van der Waals surface area contributed by atoms with Crippen LogP contribution in [0.15, 0.2) is 46.9 Å². The fraction of sp³-hybridized carbons (Fsp3) is 0.440. The summed E-state index contributed by atoms with van der Waals surface area (Å²) < 4.78 is 12.1. The van der Waals surface area contributed by atoms with Gasteiger partial charge in [-0.2, -0.15) is 0 Å². The molecule has 1 unspecified atom stereocenters. The lowest BCUT2D eigenvalue weighted by molar-refractivity contribution is 0.0677. The van der Waals surface area contributed by atoms with Gasteiger partial charge in [0.05, 0.1) is 21.8 Å². The standard InChI is InChI=1S/C25H29BrN2O4/c26-21-15-17(12-13-23(21)32-16-19-9-6-14-31-19)24(29)28-22-11-5-4-10-20(22)25(30)27-18-7-2-1-3-8-18/h4-5,10-13,15,18-19H,1-3,6-9,14,16H2,(H,27,30)(H,28,29). The summed E-state index contributed by atoms with van der Waals surface area (Å²) in [6.45, 7) is 1.28. The van der Waals surface area contributed by atoms with Gasteiger partial charge >= 0.3 is 0 Å². The quantitative estimate of drug-likeness (QED) is 0.539. The number of carbonyl (C=O) groups excluding carboxylic acids is 2. The van der Waals surface area contributed by atoms with E-state index in [4.69, 9.17) is 9.47 Å². The van der Waals surface area contributed by atoms with Crippen molar-refractivity contribution >= 4 is 33.4 Å². The van der Waals surface area contributed by atoms with E-state index in [0.717, 1.165) is 45.1 Å². The molecule has 0 aromatic heterocycles. The minimum Gasteiger partial charge on any atom is -0.490 e. The van der Waals surface area contributed by atoms with Crippen LogP contribution in [0.3, 0.4) is 0 Å². The van der Waals surface area contributed by atoms with Crippen molar-refractivity contribution in [3.63, 3.8) is 0 Å². The van der Waals surface area contributed by atoms with E-state index in [1.807, 2.05) is 12.1 Å². The maximum atomic E-state index is 12.9. The van der Waals surface area contributed by atoms with Crippen molar-refractivity contribution < 1.29 is 19.1 Å². The predicted molar refractivity (Wildman–Crippen MR) is 127 cm³/mol. The second kappa shape index (κ2) is 11.0. The zero-order valence-corrected chi connectivity index (χ0v) is 19.7. The lowest BCUT2D eigenvalue weighted by atomic mass is 9.95. The van der Waals surface area contributed by atoms with Crippen molar-refractivity contribution in [2.75, 3.05) is 18.5 Å². The molecule has 1 heterocycles. The van der Waals surface area contributed by atoms with Gasteiger partial charge in [0, 0.05) is 18.2 Å². The first kappa shape index (κ1) is 22.8. The Morgan fingerprint density at radius 3 is 2.56 bits per heavy atom. The van der Waals surface area contributed by atoms with E-state index in [-0.39, 0.29) is 24.0 Å². The summed E-state index contributed by atoms with van der Waals surface area (Å²) in [6, 6.07) is 12.5. The molecule has 1 aliphatic heterocycles. The molecular formula is C25H29BrN2O4. The molecule has 2 fully saturated rings. The third-order valence-electron chi connectivity index (χ3n) is 6.00. The molecule has 1 saturated carbocycles. The Hall–Kier alpha value is -2.38. The van der Waals surface area contributed by atoms with Gasteiger partial charge < -0.3 is 20.1 Å². The normalized spacial score (nSPS) is 18.8. The molecule has 4 rings (SSSR count). The molecule has 1 saturated heterocycles. The lowest BCUT2D eigenvalue weighted by Gasteiger charge is -2.23. The summed E-state index contributed by atoms with van der Waals surface area (Å²) in [6.07, 6.45) is 7.73. The smallest absolute Gasteiger partial charge is 0.255 e. The largest absolute Gasteiger partial charge is 0.490 e. The van der Waals surface area contributed by atoms with Gasteiger partial charge in [-0.25, -0.2) is 0 Å². The van der Waals surface area contributed by atoms with Crippen molar-refractivity contribution in [3.8, 4) is 5.75 Å². The third kappa shape index (κ3) is 5.90. The highest BCUT2D eigenvalue weighted by Crippen LogP contribution is 2.28. The molecular weight excluding hydrogens is 472 g/mol. The van der Waals surface area contributed by atoms with Gasteiger partial charge in [0.2, 0.25) is 0 Å². The van der Waals surface area contributed by atoms with E-state index in [1.165, 1.54) is 6.42 Å². The number of anilines is 1. The number of benzene rings is 2. The summed E-state index contributed by atoms with van der Waals surface area (Å²) in [5.74, 6) is 0.241. The Labute approximate surface area is 197 Å². The SMILES string of the molecule is O=C(Nc1ccccc1C(=O)NC1CCCCC1)c1ccc(OCC2CCCO2)c(Br)c1. The maximum Gasteiger partial charge on any atom is 0.255 e. The van der Waals surface area contributed by atoms with E-state index in [9.17, 15) is 9.59 Å². The Bertz CT molecular complexity index is 953. The van der Waals surface area contributed by atoms with Gasteiger partial charge in [-0.15, -0.1) is 0 Å². The number of ether oxygens (including phenoxy) is 2. The summed E-state index contributed by atoms with van der Waals surface area (Å²) in [5, 5.41) is 6.00. The first-order valence-electron chi connectivity index (χ1n) is 11.4. The van der Waals surface area contributed by atoms with E-state index in [2.05, 4.69) is 26.6 Å². The molecule has 2 N–H and O–H groups in total. The number of para-hydroxylation sites is 1. The average molecular weight is 501 g/mol. The molecule has 0 spiro atoms. The molecule has 2 aromatic rings. The number of halogens is 1. The van der Waals surface area contributed by atoms with E-state index in [0.29, 0.717) is 33.6 Å². The molecule has 170 valence electrons. The average Bonchev–Trinajstić information content (AvgIpc) is 3.33. The van der Waals surface area contributed by atoms with Crippen LogP contribution < -0.4 is 15.4 Å². The number of hydrogen-bond donors (Lipinski definition) is 2. The van der Waals surface area contributed by atoms with Gasteiger partial charge in [-0.1, -0.05) is 31.4 Å². The molecule has 32 heavy (non-hydrogen) atoms. The van der Waals surface area contributed by atoms with Crippen LogP contribution in [0.4, 0.5) is 5.69 Å². The summed E-state index contributed by atoms with van der Waals surface area (Å²) in [4.78, 5) is 25.7. The van der Waals surface area contributed by atoms with Crippen LogP contribution in [0.1, 0.15) is 65.7 Å². The Morgan fingerprint density at radius 2 is 1.81 bits per heavy atom. The number of amides is 2. The topological polar surface area (TPSA) is 76.7 Å². The Balaban J connectivity index is 1.40. The van der Waals surface area contributed by atoms with Crippen LogP contribution in [0.25, 0.3) is 0 Å². The van der Waals surface area contributed by atoms with Crippen molar-refractivity contribution in [3.05, 3.63) is 58.1 Å². The fourth-order valence-corrected chi connectivity index (χ4v) is 4.71. The summed E-state index contributed by atoms with van der Waals surface area (Å²) >= 11 is 3.49. The number of nitrogens with one attached hydrogen (secondary N) is 2. The molecule has 2 amide bonds. The van der Waals surface area contributed by atoms with Crippen LogP contribution >= 0.6 is 15.9 Å². The molecule has 1 aliphatic carbocycles. The third-order valence-corrected chi connectivity index (χ3v) is 6.62. The number of carbonyl (C=O) groups is 2. The van der Waals surface area contributed by atoms with Gasteiger partial charge in [-0.05, 0) is 71.9 Å². The van der Waals surface area contributed by atoms with Crippen molar-refractivity contribution in [2.24, 2.45) is 0 Å². The van der Waals surface area contributed by atoms with Crippen molar-refractivity contribution in [1.29, 1.82) is 0 Å². The molecule has 7 heteroatoms. The fourth-order valence-electron chi connectivity index (χ4n) is 4.21. The van der Waals surface area contributed by atoms with Crippen LogP contribution in [0.2, 0.25) is 0 Å². The van der Waals surface area contributed by atoms with Crippen molar-refractivity contribution in [2.45, 2.75) is 57.1 Å². The molecule has 2 aromatic carbocycles. The maximum absolute atomic E-state index is 12.9. The zero-order valence-electron chi connectivity index (χ0n) is 18.1. The predicted octanol–water partition coefficient (Wildman–Crippen LogP) is 5.32. The zero-order chi connectivity index (χ0) is 22.3. The van der Waals surface area contributed by atoms with Crippen LogP contribution in [-0.4, -0.2) is 37.2 Å². The lowest BCUT2D eigenvalue weighted by Crippen LogP contribution is -2.36. The van der Waals surface area contributed by atoms with Crippen LogP contribution in [0.5, 0.6) is 5.75 Å². The minimum absolute atomic E-state index is 0.126. The molecule has 0 bridgehead atoms. The number of hydrogen-bond acceptors (Lipinski definition) is 4. The van der Waals surface area contributed by atoms with Gasteiger partial charge in [0.25, 0.3) is 11.8 Å². The summed E-state index contributed by atoms with van der Waals surface area (Å²) in [7, 11) is 0. The van der Waals surface area contributed by atoms with Gasteiger partial charge in [-0.3, -0.25) is 9.59 Å². The summed E-state index contributed by atoms with van der Waals surface area (Å²) in [5.41, 5.74) is 1.45. The molecule has 6 nitrogen and oxygen atoms in total. The monoisotopic (exact) mass is 500 g/mol. The first-order chi connectivity index (χ1) is 15.6.